The first-order valence-corrected chi connectivity index (χ1v) is 8.66. The zero-order valence-corrected chi connectivity index (χ0v) is 13.6. The predicted octanol–water partition coefficient (Wildman–Crippen LogP) is 3.18. The van der Waals surface area contributed by atoms with Crippen molar-refractivity contribution in [2.45, 2.75) is 37.5 Å². The first kappa shape index (κ1) is 18.1. The summed E-state index contributed by atoms with van der Waals surface area (Å²) in [6.07, 6.45) is -3.43. The van der Waals surface area contributed by atoms with Crippen LogP contribution in [0.2, 0.25) is 0 Å². The zero-order valence-electron chi connectivity index (χ0n) is 12.8. The van der Waals surface area contributed by atoms with Gasteiger partial charge in [-0.25, -0.2) is 0 Å². The Labute approximate surface area is 137 Å². The molecule has 128 valence electrons. The van der Waals surface area contributed by atoms with Crippen molar-refractivity contribution >= 4 is 17.7 Å². The highest BCUT2D eigenvalue weighted by Gasteiger charge is 2.34. The van der Waals surface area contributed by atoms with Crippen molar-refractivity contribution in [3.63, 3.8) is 0 Å². The van der Waals surface area contributed by atoms with Crippen LogP contribution in [0.4, 0.5) is 13.2 Å². The molecule has 1 aliphatic heterocycles. The number of benzene rings is 1. The minimum absolute atomic E-state index is 0.133. The molecule has 2 rings (SSSR count). The van der Waals surface area contributed by atoms with Crippen molar-refractivity contribution in [1.82, 2.24) is 5.32 Å². The Morgan fingerprint density at radius 2 is 2.22 bits per heavy atom. The van der Waals surface area contributed by atoms with Gasteiger partial charge < -0.3 is 10.4 Å². The average molecular weight is 347 g/mol. The average Bonchev–Trinajstić information content (AvgIpc) is 2.93. The molecule has 1 fully saturated rings. The van der Waals surface area contributed by atoms with Crippen LogP contribution in [0.5, 0.6) is 0 Å². The Kier molecular flexibility index (Phi) is 5.62. The zero-order chi connectivity index (χ0) is 17.1. The highest BCUT2D eigenvalue weighted by atomic mass is 32.2. The van der Waals surface area contributed by atoms with E-state index in [-0.39, 0.29) is 12.5 Å². The van der Waals surface area contributed by atoms with Crippen molar-refractivity contribution in [2.75, 3.05) is 18.1 Å². The predicted molar refractivity (Wildman–Crippen MR) is 84.4 cm³/mol. The van der Waals surface area contributed by atoms with E-state index >= 15 is 0 Å². The lowest BCUT2D eigenvalue weighted by Gasteiger charge is -2.24. The van der Waals surface area contributed by atoms with Crippen LogP contribution >= 0.6 is 11.8 Å². The van der Waals surface area contributed by atoms with Crippen LogP contribution < -0.4 is 5.32 Å². The molecule has 7 heteroatoms. The summed E-state index contributed by atoms with van der Waals surface area (Å²) in [5, 5.41) is 12.9. The largest absolute Gasteiger partial charge is 0.416 e. The number of aliphatic hydroxyl groups is 1. The first-order valence-electron chi connectivity index (χ1n) is 7.50. The molecule has 0 unspecified atom stereocenters. The second-order valence-electron chi connectivity index (χ2n) is 5.83. The van der Waals surface area contributed by atoms with Gasteiger partial charge in [0.15, 0.2) is 0 Å². The smallest absolute Gasteiger partial charge is 0.387 e. The molecule has 1 saturated heterocycles. The van der Waals surface area contributed by atoms with Crippen LogP contribution in [0.3, 0.4) is 0 Å². The van der Waals surface area contributed by atoms with Crippen LogP contribution in [0.25, 0.3) is 0 Å². The molecule has 0 saturated carbocycles. The van der Waals surface area contributed by atoms with Crippen LogP contribution in [0.15, 0.2) is 24.3 Å². The number of hydrogen-bond donors (Lipinski definition) is 2. The highest BCUT2D eigenvalue weighted by molar-refractivity contribution is 7.99. The van der Waals surface area contributed by atoms with Gasteiger partial charge in [0.1, 0.15) is 0 Å². The Morgan fingerprint density at radius 3 is 2.78 bits per heavy atom. The fourth-order valence-electron chi connectivity index (χ4n) is 2.61. The Hall–Kier alpha value is -1.21. The molecule has 1 heterocycles. The van der Waals surface area contributed by atoms with Crippen molar-refractivity contribution in [3.05, 3.63) is 35.4 Å². The second kappa shape index (κ2) is 7.13. The molecule has 1 aromatic carbocycles. The quantitative estimate of drug-likeness (QED) is 0.860. The summed E-state index contributed by atoms with van der Waals surface area (Å²) >= 11 is 1.62. The van der Waals surface area contributed by atoms with Crippen LogP contribution in [-0.4, -0.2) is 34.7 Å². The summed E-state index contributed by atoms with van der Waals surface area (Å²) in [5.41, 5.74) is -1.33. The third kappa shape index (κ3) is 4.64. The topological polar surface area (TPSA) is 49.3 Å². The maximum atomic E-state index is 12.8. The number of carbonyl (C=O) groups excluding carboxylic acids is 1. The molecule has 23 heavy (non-hydrogen) atoms. The van der Waals surface area contributed by atoms with E-state index in [1.807, 2.05) is 0 Å². The fourth-order valence-corrected chi connectivity index (χ4v) is 3.91. The molecule has 2 N–H and O–H groups in total. The summed E-state index contributed by atoms with van der Waals surface area (Å²) in [7, 11) is 0. The van der Waals surface area contributed by atoms with E-state index in [4.69, 9.17) is 0 Å². The molecule has 3 nitrogen and oxygen atoms in total. The molecule has 1 aliphatic rings. The summed E-state index contributed by atoms with van der Waals surface area (Å²) in [4.78, 5) is 12.3. The molecule has 0 aromatic heterocycles. The van der Waals surface area contributed by atoms with Gasteiger partial charge in [0, 0.05) is 12.3 Å². The Morgan fingerprint density at radius 1 is 1.48 bits per heavy atom. The van der Waals surface area contributed by atoms with E-state index in [1.54, 1.807) is 18.7 Å². The molecule has 0 aliphatic carbocycles. The third-order valence-corrected chi connectivity index (χ3v) is 5.25. The van der Waals surface area contributed by atoms with Gasteiger partial charge in [-0.1, -0.05) is 25.1 Å². The molecule has 0 bridgehead atoms. The van der Waals surface area contributed by atoms with Gasteiger partial charge in [-0.3, -0.25) is 4.79 Å². The lowest BCUT2D eigenvalue weighted by molar-refractivity contribution is -0.137. The molecule has 0 spiro atoms. The van der Waals surface area contributed by atoms with Gasteiger partial charge in [-0.2, -0.15) is 24.9 Å². The van der Waals surface area contributed by atoms with E-state index in [1.165, 1.54) is 12.1 Å². The maximum Gasteiger partial charge on any atom is 0.416 e. The van der Waals surface area contributed by atoms with E-state index in [0.717, 1.165) is 17.9 Å². The number of carbonyl (C=O) groups is 1. The molecule has 2 atom stereocenters. The van der Waals surface area contributed by atoms with Crippen LogP contribution in [0.1, 0.15) is 36.8 Å². The molecule has 1 aromatic rings. The lowest BCUT2D eigenvalue weighted by Crippen LogP contribution is -2.44. The number of thioether (sulfide) groups is 1. The number of nitrogens with one attached hydrogen (secondary N) is 1. The lowest BCUT2D eigenvalue weighted by atomic mass is 9.93. The molecular weight excluding hydrogens is 327 g/mol. The Balaban J connectivity index is 2.08. The van der Waals surface area contributed by atoms with Crippen molar-refractivity contribution in [2.24, 2.45) is 0 Å². The van der Waals surface area contributed by atoms with Crippen molar-refractivity contribution < 1.29 is 23.1 Å². The van der Waals surface area contributed by atoms with Gasteiger partial charge in [-0.05, 0) is 30.2 Å². The SMILES string of the molecule is CC[C@@H](C(=O)NC[C@]1(O)CCSC1)c1cccc(C(F)(F)F)c1. The van der Waals surface area contributed by atoms with E-state index in [9.17, 15) is 23.1 Å². The second-order valence-corrected chi connectivity index (χ2v) is 6.93. The number of amides is 1. The van der Waals surface area contributed by atoms with E-state index in [0.29, 0.717) is 24.2 Å². The normalized spacial score (nSPS) is 22.8. The van der Waals surface area contributed by atoms with Gasteiger partial charge in [0.05, 0.1) is 17.1 Å². The number of hydrogen-bond acceptors (Lipinski definition) is 3. The maximum absolute atomic E-state index is 12.8. The third-order valence-electron chi connectivity index (χ3n) is 4.02. The van der Waals surface area contributed by atoms with Crippen molar-refractivity contribution in [1.29, 1.82) is 0 Å². The summed E-state index contributed by atoms with van der Waals surface area (Å²) in [6.45, 7) is 1.89. The Bertz CT molecular complexity index is 557. The van der Waals surface area contributed by atoms with Crippen LogP contribution in [-0.2, 0) is 11.0 Å². The van der Waals surface area contributed by atoms with Gasteiger partial charge in [-0.15, -0.1) is 0 Å². The van der Waals surface area contributed by atoms with E-state index in [2.05, 4.69) is 5.32 Å². The molecule has 0 radical (unpaired) electrons. The van der Waals surface area contributed by atoms with Gasteiger partial charge in [0.25, 0.3) is 0 Å². The molecular formula is C16H20F3NO2S. The summed E-state index contributed by atoms with van der Waals surface area (Å²) in [6, 6.07) is 4.86. The van der Waals surface area contributed by atoms with Gasteiger partial charge in [0.2, 0.25) is 5.91 Å². The van der Waals surface area contributed by atoms with Crippen molar-refractivity contribution in [3.8, 4) is 0 Å². The molecule has 1 amide bonds. The highest BCUT2D eigenvalue weighted by Crippen LogP contribution is 2.32. The summed E-state index contributed by atoms with van der Waals surface area (Å²) < 4.78 is 38.4. The van der Waals surface area contributed by atoms with Gasteiger partial charge >= 0.3 is 6.18 Å². The number of alkyl halides is 3. The number of halogens is 3. The minimum Gasteiger partial charge on any atom is -0.387 e. The standard InChI is InChI=1S/C16H20F3NO2S/c1-2-13(11-4-3-5-12(8-11)16(17,18)19)14(21)20-9-15(22)6-7-23-10-15/h3-5,8,13,22H,2,6-7,9-10H2,1H3,(H,20,21)/t13-,15-/m1/s1. The minimum atomic E-state index is -4.43. The van der Waals surface area contributed by atoms with Crippen LogP contribution in [0, 0.1) is 0 Å². The van der Waals surface area contributed by atoms with E-state index < -0.39 is 23.3 Å². The summed E-state index contributed by atoms with van der Waals surface area (Å²) in [5.74, 6) is 0.400. The first-order chi connectivity index (χ1) is 10.7. The number of rotatable bonds is 5. The fraction of sp³-hybridized carbons (Fsp3) is 0.562. The monoisotopic (exact) mass is 347 g/mol.